The molecular formula is C45H26N4O2. The van der Waals surface area contributed by atoms with Crippen LogP contribution < -0.4 is 0 Å². The van der Waals surface area contributed by atoms with E-state index in [0.717, 1.165) is 66.3 Å². The molecule has 0 spiro atoms. The second kappa shape index (κ2) is 10.7. The lowest BCUT2D eigenvalue weighted by atomic mass is 10.1. The van der Waals surface area contributed by atoms with Crippen LogP contribution in [0.5, 0.6) is 0 Å². The van der Waals surface area contributed by atoms with E-state index >= 15 is 0 Å². The number of furan rings is 2. The molecular weight excluding hydrogens is 629 g/mol. The van der Waals surface area contributed by atoms with Crippen LogP contribution in [0.1, 0.15) is 0 Å². The zero-order valence-corrected chi connectivity index (χ0v) is 27.1. The maximum Gasteiger partial charge on any atom is 0.164 e. The van der Waals surface area contributed by atoms with Gasteiger partial charge in [0.05, 0.1) is 11.0 Å². The summed E-state index contributed by atoms with van der Waals surface area (Å²) in [5.74, 6) is 1.79. The quantitative estimate of drug-likeness (QED) is 0.189. The summed E-state index contributed by atoms with van der Waals surface area (Å²) in [5, 5.41) is 6.57. The van der Waals surface area contributed by atoms with Gasteiger partial charge in [-0.15, -0.1) is 0 Å². The van der Waals surface area contributed by atoms with Crippen LogP contribution in [0, 0.1) is 0 Å². The predicted octanol–water partition coefficient (Wildman–Crippen LogP) is 11.8. The molecule has 0 unspecified atom stereocenters. The molecule has 0 amide bonds. The van der Waals surface area contributed by atoms with Gasteiger partial charge in [0.15, 0.2) is 17.5 Å². The van der Waals surface area contributed by atoms with Gasteiger partial charge in [0.1, 0.15) is 22.3 Å². The third-order valence-electron chi connectivity index (χ3n) is 9.85. The lowest BCUT2D eigenvalue weighted by Crippen LogP contribution is -2.00. The summed E-state index contributed by atoms with van der Waals surface area (Å²) in [6.07, 6.45) is 0. The largest absolute Gasteiger partial charge is 0.456 e. The van der Waals surface area contributed by atoms with Crippen molar-refractivity contribution in [3.05, 3.63) is 158 Å². The molecule has 0 aliphatic carbocycles. The van der Waals surface area contributed by atoms with E-state index in [1.165, 1.54) is 21.8 Å². The summed E-state index contributed by atoms with van der Waals surface area (Å²) >= 11 is 0. The van der Waals surface area contributed by atoms with Gasteiger partial charge in [0.2, 0.25) is 0 Å². The van der Waals surface area contributed by atoms with Crippen LogP contribution in [0.2, 0.25) is 0 Å². The lowest BCUT2D eigenvalue weighted by molar-refractivity contribution is 0.668. The molecule has 0 aliphatic rings. The molecule has 0 atom stereocenters. The van der Waals surface area contributed by atoms with Crippen LogP contribution in [0.15, 0.2) is 167 Å². The molecule has 4 heterocycles. The van der Waals surface area contributed by atoms with E-state index in [4.69, 9.17) is 23.8 Å². The topological polar surface area (TPSA) is 69.9 Å². The van der Waals surface area contributed by atoms with E-state index in [0.29, 0.717) is 17.5 Å². The normalized spacial score (nSPS) is 11.9. The molecule has 0 aliphatic heterocycles. The van der Waals surface area contributed by atoms with Crippen molar-refractivity contribution in [1.29, 1.82) is 0 Å². The van der Waals surface area contributed by atoms with Crippen LogP contribution >= 0.6 is 0 Å². The minimum atomic E-state index is 0.589. The van der Waals surface area contributed by atoms with E-state index in [1.807, 2.05) is 72.8 Å². The van der Waals surface area contributed by atoms with Crippen molar-refractivity contribution in [2.75, 3.05) is 0 Å². The highest BCUT2D eigenvalue weighted by molar-refractivity contribution is 6.11. The summed E-state index contributed by atoms with van der Waals surface area (Å²) in [7, 11) is 0. The minimum absolute atomic E-state index is 0.589. The molecule has 51 heavy (non-hydrogen) atoms. The van der Waals surface area contributed by atoms with Crippen molar-refractivity contribution in [2.24, 2.45) is 0 Å². The highest BCUT2D eigenvalue weighted by atomic mass is 16.3. The third-order valence-corrected chi connectivity index (χ3v) is 9.85. The first kappa shape index (κ1) is 27.9. The Hall–Kier alpha value is -7.05. The molecule has 0 radical (unpaired) electrons. The molecule has 11 rings (SSSR count). The maximum absolute atomic E-state index is 6.37. The number of para-hydroxylation sites is 3. The van der Waals surface area contributed by atoms with Gasteiger partial charge in [0, 0.05) is 54.7 Å². The average molecular weight is 655 g/mol. The highest BCUT2D eigenvalue weighted by Crippen LogP contribution is 2.37. The smallest absolute Gasteiger partial charge is 0.164 e. The Balaban J connectivity index is 1.10. The number of aromatic nitrogens is 4. The molecule has 0 N–H and O–H groups in total. The molecule has 0 fully saturated rings. The zero-order valence-electron chi connectivity index (χ0n) is 27.1. The maximum atomic E-state index is 6.37. The molecule has 0 bridgehead atoms. The lowest BCUT2D eigenvalue weighted by Gasteiger charge is -2.09. The van der Waals surface area contributed by atoms with E-state index < -0.39 is 0 Å². The minimum Gasteiger partial charge on any atom is -0.456 e. The predicted molar refractivity (Wildman–Crippen MR) is 205 cm³/mol. The number of rotatable bonds is 4. The van der Waals surface area contributed by atoms with Crippen molar-refractivity contribution in [1.82, 2.24) is 19.5 Å². The first-order valence-electron chi connectivity index (χ1n) is 16.9. The Morgan fingerprint density at radius 1 is 0.333 bits per heavy atom. The number of fused-ring (bicyclic) bond motifs is 9. The number of hydrogen-bond acceptors (Lipinski definition) is 5. The summed E-state index contributed by atoms with van der Waals surface area (Å²) < 4.78 is 14.8. The van der Waals surface area contributed by atoms with Gasteiger partial charge in [-0.3, -0.25) is 0 Å². The van der Waals surface area contributed by atoms with Gasteiger partial charge in [-0.1, -0.05) is 84.9 Å². The van der Waals surface area contributed by atoms with E-state index in [2.05, 4.69) is 89.5 Å². The highest BCUT2D eigenvalue weighted by Gasteiger charge is 2.18. The average Bonchev–Trinajstić information content (AvgIpc) is 3.87. The Morgan fingerprint density at radius 3 is 1.41 bits per heavy atom. The van der Waals surface area contributed by atoms with Crippen LogP contribution in [0.4, 0.5) is 0 Å². The standard InChI is InChI=1S/C45H26N4O2/c1-2-10-27(11-3-1)43-46-44(28-18-21-40-34(24-28)33-14-6-9-17-39(33)50-40)48-45(47-43)29-19-22-41-35(25-29)36-26-30(20-23-42(36)51-41)49-37-15-7-4-12-31(37)32-13-5-8-16-38(32)49/h1-26H. The van der Waals surface area contributed by atoms with Gasteiger partial charge in [-0.05, 0) is 72.8 Å². The number of hydrogen-bond donors (Lipinski definition) is 0. The third kappa shape index (κ3) is 4.33. The van der Waals surface area contributed by atoms with Gasteiger partial charge in [0.25, 0.3) is 0 Å². The summed E-state index contributed by atoms with van der Waals surface area (Å²) in [6.45, 7) is 0. The number of benzene rings is 7. The fourth-order valence-corrected chi connectivity index (χ4v) is 7.46. The van der Waals surface area contributed by atoms with E-state index in [1.54, 1.807) is 0 Å². The first-order chi connectivity index (χ1) is 25.2. The summed E-state index contributed by atoms with van der Waals surface area (Å²) in [5.41, 5.74) is 9.41. The molecule has 11 aromatic rings. The fraction of sp³-hybridized carbons (Fsp3) is 0. The monoisotopic (exact) mass is 654 g/mol. The molecule has 7 aromatic carbocycles. The van der Waals surface area contributed by atoms with Crippen LogP contribution in [-0.2, 0) is 0 Å². The van der Waals surface area contributed by atoms with Crippen molar-refractivity contribution < 1.29 is 8.83 Å². The molecule has 4 aromatic heterocycles. The van der Waals surface area contributed by atoms with E-state index in [9.17, 15) is 0 Å². The zero-order chi connectivity index (χ0) is 33.5. The SMILES string of the molecule is c1ccc(-c2nc(-c3ccc4oc5ccccc5c4c3)nc(-c3ccc4oc5ccc(-n6c7ccccc7c7ccccc76)cc5c4c3)n2)cc1. The van der Waals surface area contributed by atoms with Crippen LogP contribution in [-0.4, -0.2) is 19.5 Å². The Kier molecular flexibility index (Phi) is 5.86. The number of nitrogens with zero attached hydrogens (tertiary/aromatic N) is 4. The van der Waals surface area contributed by atoms with Gasteiger partial charge >= 0.3 is 0 Å². The fourth-order valence-electron chi connectivity index (χ4n) is 7.46. The van der Waals surface area contributed by atoms with Gasteiger partial charge in [-0.2, -0.15) is 0 Å². The van der Waals surface area contributed by atoms with Crippen molar-refractivity contribution >= 4 is 65.7 Å². The summed E-state index contributed by atoms with van der Waals surface area (Å²) in [6, 6.07) is 54.0. The summed E-state index contributed by atoms with van der Waals surface area (Å²) in [4.78, 5) is 15.1. The molecule has 0 saturated carbocycles. The van der Waals surface area contributed by atoms with Gasteiger partial charge in [-0.25, -0.2) is 15.0 Å². The Labute approximate surface area is 290 Å². The second-order valence-corrected chi connectivity index (χ2v) is 12.8. The molecule has 6 nitrogen and oxygen atoms in total. The Bertz CT molecular complexity index is 3100. The Morgan fingerprint density at radius 2 is 0.784 bits per heavy atom. The van der Waals surface area contributed by atoms with Gasteiger partial charge < -0.3 is 13.4 Å². The van der Waals surface area contributed by atoms with Crippen molar-refractivity contribution in [3.63, 3.8) is 0 Å². The molecule has 0 saturated heterocycles. The van der Waals surface area contributed by atoms with Crippen molar-refractivity contribution in [2.45, 2.75) is 0 Å². The van der Waals surface area contributed by atoms with Crippen LogP contribution in [0.3, 0.4) is 0 Å². The molecule has 6 heteroatoms. The van der Waals surface area contributed by atoms with E-state index in [-0.39, 0.29) is 0 Å². The first-order valence-corrected chi connectivity index (χ1v) is 16.9. The van der Waals surface area contributed by atoms with Crippen molar-refractivity contribution in [3.8, 4) is 39.9 Å². The molecule has 238 valence electrons. The second-order valence-electron chi connectivity index (χ2n) is 12.8. The van der Waals surface area contributed by atoms with Crippen LogP contribution in [0.25, 0.3) is 106 Å².